The normalized spacial score (nSPS) is 18.3. The Kier molecular flexibility index (Phi) is 9.20. The summed E-state index contributed by atoms with van der Waals surface area (Å²) in [5.74, 6) is 2.17. The van der Waals surface area contributed by atoms with Gasteiger partial charge in [0, 0.05) is 32.7 Å². The molecular formula is C34H42N2O3. The Morgan fingerprint density at radius 3 is 2.36 bits per heavy atom. The molecule has 1 spiro atoms. The van der Waals surface area contributed by atoms with Gasteiger partial charge in [-0.25, -0.2) is 0 Å². The number of nitrogens with zero attached hydrogens (tertiary/aromatic N) is 2. The van der Waals surface area contributed by atoms with Gasteiger partial charge in [0.05, 0.1) is 13.5 Å². The first-order valence-corrected chi connectivity index (χ1v) is 14.5. The molecule has 0 N–H and O–H groups in total. The predicted molar refractivity (Wildman–Crippen MR) is 156 cm³/mol. The second-order valence-corrected chi connectivity index (χ2v) is 11.3. The summed E-state index contributed by atoms with van der Waals surface area (Å²) in [7, 11) is 1.71. The van der Waals surface area contributed by atoms with Crippen molar-refractivity contribution in [1.82, 2.24) is 9.80 Å². The molecule has 5 rings (SSSR count). The van der Waals surface area contributed by atoms with Gasteiger partial charge in [-0.15, -0.1) is 0 Å². The Labute approximate surface area is 233 Å². The van der Waals surface area contributed by atoms with Gasteiger partial charge in [0.1, 0.15) is 18.1 Å². The van der Waals surface area contributed by atoms with E-state index in [0.717, 1.165) is 75.5 Å². The Hall–Kier alpha value is -3.31. The third-order valence-electron chi connectivity index (χ3n) is 8.54. The minimum atomic E-state index is 0.217. The number of amides is 1. The van der Waals surface area contributed by atoms with Gasteiger partial charge in [0.2, 0.25) is 5.91 Å². The zero-order valence-corrected chi connectivity index (χ0v) is 23.3. The van der Waals surface area contributed by atoms with Crippen molar-refractivity contribution in [2.24, 2.45) is 5.41 Å². The van der Waals surface area contributed by atoms with E-state index in [1.165, 1.54) is 24.0 Å². The molecule has 0 saturated carbocycles. The number of carbonyl (C=O) groups excluding carboxylic acids is 1. The molecule has 2 aliphatic heterocycles. The number of hydrogen-bond acceptors (Lipinski definition) is 4. The van der Waals surface area contributed by atoms with Gasteiger partial charge in [-0.1, -0.05) is 67.1 Å². The SMILES string of the molecule is COc1ccc(CN2CCOc3ccccc3CCCCC3(CCN(C(=O)Cc4ccccc4)CC3)C2)cc1. The molecule has 206 valence electrons. The Bertz CT molecular complexity index is 1190. The van der Waals surface area contributed by atoms with Crippen molar-refractivity contribution in [3.8, 4) is 11.5 Å². The number of ether oxygens (including phenoxy) is 2. The number of aryl methyl sites for hydroxylation is 1. The lowest BCUT2D eigenvalue weighted by atomic mass is 9.73. The van der Waals surface area contributed by atoms with Crippen LogP contribution in [-0.2, 0) is 24.2 Å². The van der Waals surface area contributed by atoms with E-state index < -0.39 is 0 Å². The van der Waals surface area contributed by atoms with Crippen molar-refractivity contribution in [3.05, 3.63) is 95.6 Å². The minimum absolute atomic E-state index is 0.217. The predicted octanol–water partition coefficient (Wildman–Crippen LogP) is 6.15. The molecule has 0 aliphatic carbocycles. The highest BCUT2D eigenvalue weighted by Crippen LogP contribution is 2.39. The fraction of sp³-hybridized carbons (Fsp3) is 0.441. The summed E-state index contributed by atoms with van der Waals surface area (Å²) >= 11 is 0. The van der Waals surface area contributed by atoms with E-state index in [2.05, 4.69) is 46.2 Å². The molecule has 1 fully saturated rings. The quantitative estimate of drug-likeness (QED) is 0.400. The van der Waals surface area contributed by atoms with Crippen LogP contribution in [0.25, 0.3) is 0 Å². The summed E-state index contributed by atoms with van der Waals surface area (Å²) in [5.41, 5.74) is 3.91. The highest BCUT2D eigenvalue weighted by Gasteiger charge is 2.37. The highest BCUT2D eigenvalue weighted by atomic mass is 16.5. The molecule has 0 bridgehead atoms. The van der Waals surface area contributed by atoms with Crippen molar-refractivity contribution in [2.75, 3.05) is 39.9 Å². The van der Waals surface area contributed by atoms with E-state index in [0.29, 0.717) is 13.0 Å². The molecule has 2 heterocycles. The van der Waals surface area contributed by atoms with Crippen molar-refractivity contribution in [3.63, 3.8) is 0 Å². The topological polar surface area (TPSA) is 42.0 Å². The Morgan fingerprint density at radius 1 is 0.846 bits per heavy atom. The van der Waals surface area contributed by atoms with E-state index >= 15 is 0 Å². The lowest BCUT2D eigenvalue weighted by Crippen LogP contribution is -2.48. The van der Waals surface area contributed by atoms with Crippen molar-refractivity contribution < 1.29 is 14.3 Å². The lowest BCUT2D eigenvalue weighted by molar-refractivity contribution is -0.133. The summed E-state index contributed by atoms with van der Waals surface area (Å²) in [5, 5.41) is 0. The van der Waals surface area contributed by atoms with Gasteiger partial charge < -0.3 is 14.4 Å². The Balaban J connectivity index is 1.30. The largest absolute Gasteiger partial charge is 0.497 e. The van der Waals surface area contributed by atoms with Crippen LogP contribution in [0, 0.1) is 5.41 Å². The maximum absolute atomic E-state index is 13.1. The minimum Gasteiger partial charge on any atom is -0.497 e. The van der Waals surface area contributed by atoms with Crippen LogP contribution in [0.2, 0.25) is 0 Å². The number of carbonyl (C=O) groups is 1. The molecule has 0 atom stereocenters. The Morgan fingerprint density at radius 2 is 1.59 bits per heavy atom. The second-order valence-electron chi connectivity index (χ2n) is 11.3. The van der Waals surface area contributed by atoms with E-state index in [1.54, 1.807) is 7.11 Å². The van der Waals surface area contributed by atoms with E-state index in [-0.39, 0.29) is 11.3 Å². The van der Waals surface area contributed by atoms with Crippen LogP contribution in [0.4, 0.5) is 0 Å². The van der Waals surface area contributed by atoms with Gasteiger partial charge in [0.15, 0.2) is 0 Å². The fourth-order valence-electron chi connectivity index (χ4n) is 6.23. The third kappa shape index (κ3) is 7.42. The van der Waals surface area contributed by atoms with Crippen LogP contribution in [0.1, 0.15) is 48.8 Å². The molecule has 5 nitrogen and oxygen atoms in total. The van der Waals surface area contributed by atoms with Crippen molar-refractivity contribution >= 4 is 5.91 Å². The molecule has 5 heteroatoms. The summed E-state index contributed by atoms with van der Waals surface area (Å²) in [6.07, 6.45) is 7.24. The molecule has 2 aliphatic rings. The smallest absolute Gasteiger partial charge is 0.226 e. The molecule has 0 unspecified atom stereocenters. The van der Waals surface area contributed by atoms with Gasteiger partial charge in [0.25, 0.3) is 0 Å². The molecule has 1 saturated heterocycles. The number of piperidine rings is 1. The van der Waals surface area contributed by atoms with Crippen molar-refractivity contribution in [1.29, 1.82) is 0 Å². The van der Waals surface area contributed by atoms with Crippen LogP contribution in [-0.4, -0.2) is 55.6 Å². The highest BCUT2D eigenvalue weighted by molar-refractivity contribution is 5.78. The summed E-state index contributed by atoms with van der Waals surface area (Å²) < 4.78 is 11.7. The maximum Gasteiger partial charge on any atom is 0.226 e. The first-order chi connectivity index (χ1) is 19.1. The van der Waals surface area contributed by atoms with Gasteiger partial charge in [-0.3, -0.25) is 9.69 Å². The van der Waals surface area contributed by atoms with Gasteiger partial charge in [-0.05, 0) is 72.4 Å². The fourth-order valence-corrected chi connectivity index (χ4v) is 6.23. The molecule has 1 amide bonds. The summed E-state index contributed by atoms with van der Waals surface area (Å²) in [6, 6.07) is 27.1. The molecule has 3 aromatic carbocycles. The monoisotopic (exact) mass is 526 g/mol. The summed E-state index contributed by atoms with van der Waals surface area (Å²) in [4.78, 5) is 17.8. The number of benzene rings is 3. The van der Waals surface area contributed by atoms with Gasteiger partial charge in [-0.2, -0.15) is 0 Å². The number of hydrogen-bond donors (Lipinski definition) is 0. The molecule has 0 aromatic heterocycles. The molecule has 39 heavy (non-hydrogen) atoms. The number of likely N-dealkylation sites (tertiary alicyclic amines) is 1. The van der Waals surface area contributed by atoms with Crippen LogP contribution < -0.4 is 9.47 Å². The standard InChI is InChI=1S/C34H42N2O3/c1-38-31-16-14-29(15-17-31)26-35-23-24-39-32-13-6-5-11-30(32)12-7-8-18-34(27-35)19-21-36(22-20-34)33(37)25-28-9-3-2-4-10-28/h2-6,9-11,13-17H,7-8,12,18-27H2,1H3. The van der Waals surface area contributed by atoms with Crippen LogP contribution in [0.5, 0.6) is 11.5 Å². The van der Waals surface area contributed by atoms with E-state index in [1.807, 2.05) is 42.5 Å². The second kappa shape index (κ2) is 13.2. The van der Waals surface area contributed by atoms with Crippen LogP contribution >= 0.6 is 0 Å². The number of fused-ring (bicyclic) bond motifs is 1. The molecular weight excluding hydrogens is 484 g/mol. The number of methoxy groups -OCH3 is 1. The third-order valence-corrected chi connectivity index (χ3v) is 8.54. The van der Waals surface area contributed by atoms with Crippen LogP contribution in [0.3, 0.4) is 0 Å². The van der Waals surface area contributed by atoms with Crippen LogP contribution in [0.15, 0.2) is 78.9 Å². The number of rotatable bonds is 5. The molecule has 0 radical (unpaired) electrons. The zero-order chi connectivity index (χ0) is 26.9. The molecule has 3 aromatic rings. The zero-order valence-electron chi connectivity index (χ0n) is 23.3. The first kappa shape index (κ1) is 27.3. The average molecular weight is 527 g/mol. The number of para-hydroxylation sites is 1. The first-order valence-electron chi connectivity index (χ1n) is 14.5. The average Bonchev–Trinajstić information content (AvgIpc) is 2.97. The lowest BCUT2D eigenvalue weighted by Gasteiger charge is -2.45. The van der Waals surface area contributed by atoms with E-state index in [4.69, 9.17) is 9.47 Å². The van der Waals surface area contributed by atoms with Gasteiger partial charge >= 0.3 is 0 Å². The van der Waals surface area contributed by atoms with Crippen molar-refractivity contribution in [2.45, 2.75) is 51.5 Å². The van der Waals surface area contributed by atoms with E-state index in [9.17, 15) is 4.79 Å². The maximum atomic E-state index is 13.1. The summed E-state index contributed by atoms with van der Waals surface area (Å²) in [6.45, 7) is 5.16.